The molecule has 2 aromatic carbocycles. The molecule has 0 amide bonds. The first-order valence-corrected chi connectivity index (χ1v) is 6.28. The highest BCUT2D eigenvalue weighted by atomic mass is 16.5. The summed E-state index contributed by atoms with van der Waals surface area (Å²) >= 11 is 0. The molecule has 2 aromatic rings. The van der Waals surface area contributed by atoms with Gasteiger partial charge in [-0.25, -0.2) is 0 Å². The van der Waals surface area contributed by atoms with Crippen molar-refractivity contribution in [1.82, 2.24) is 0 Å². The summed E-state index contributed by atoms with van der Waals surface area (Å²) in [4.78, 5) is 0. The molecule has 2 rings (SSSR count). The monoisotopic (exact) mass is 278 g/mol. The van der Waals surface area contributed by atoms with Crippen LogP contribution in [0, 0.1) is 22.7 Å². The van der Waals surface area contributed by atoms with Crippen LogP contribution in [-0.4, -0.2) is 7.11 Å². The van der Waals surface area contributed by atoms with Crippen molar-refractivity contribution in [3.05, 3.63) is 47.5 Å². The number of ether oxygens (including phenoxy) is 1. The summed E-state index contributed by atoms with van der Waals surface area (Å²) < 4.78 is 5.27. The molecule has 0 aromatic heterocycles. The third-order valence-corrected chi connectivity index (χ3v) is 3.02. The summed E-state index contributed by atoms with van der Waals surface area (Å²) in [6, 6.07) is 14.7. The van der Waals surface area contributed by atoms with Crippen LogP contribution < -0.4 is 15.8 Å². The van der Waals surface area contributed by atoms with E-state index in [9.17, 15) is 0 Å². The molecule has 0 aliphatic rings. The predicted molar refractivity (Wildman–Crippen MR) is 81.2 cm³/mol. The van der Waals surface area contributed by atoms with Crippen molar-refractivity contribution in [2.24, 2.45) is 0 Å². The number of nitrogens with two attached hydrogens (primary N) is 1. The van der Waals surface area contributed by atoms with Crippen LogP contribution >= 0.6 is 0 Å². The molecule has 0 aliphatic carbocycles. The average Bonchev–Trinajstić information content (AvgIpc) is 2.51. The van der Waals surface area contributed by atoms with Crippen molar-refractivity contribution in [2.45, 2.75) is 6.42 Å². The van der Waals surface area contributed by atoms with Gasteiger partial charge in [0.15, 0.2) is 0 Å². The Balaban J connectivity index is 2.32. The second kappa shape index (κ2) is 6.31. The molecule has 3 N–H and O–H groups in total. The number of anilines is 3. The van der Waals surface area contributed by atoms with E-state index in [1.165, 1.54) is 0 Å². The van der Waals surface area contributed by atoms with E-state index >= 15 is 0 Å². The van der Waals surface area contributed by atoms with E-state index in [1.807, 2.05) is 12.1 Å². The number of nitriles is 2. The van der Waals surface area contributed by atoms with E-state index < -0.39 is 0 Å². The first-order valence-electron chi connectivity index (χ1n) is 6.28. The molecule has 0 fully saturated rings. The van der Waals surface area contributed by atoms with Crippen molar-refractivity contribution in [1.29, 1.82) is 10.5 Å². The molecule has 0 aliphatic heterocycles. The fraction of sp³-hybridized carbons (Fsp3) is 0.125. The Labute approximate surface area is 123 Å². The van der Waals surface area contributed by atoms with Gasteiger partial charge in [0, 0.05) is 17.4 Å². The number of benzene rings is 2. The summed E-state index contributed by atoms with van der Waals surface area (Å²) in [5, 5.41) is 20.9. The van der Waals surface area contributed by atoms with Gasteiger partial charge in [0.05, 0.1) is 36.9 Å². The molecule has 0 saturated carbocycles. The molecule has 104 valence electrons. The van der Waals surface area contributed by atoms with Gasteiger partial charge in [-0.15, -0.1) is 0 Å². The average molecular weight is 278 g/mol. The largest absolute Gasteiger partial charge is 0.495 e. The Kier molecular flexibility index (Phi) is 4.28. The minimum atomic E-state index is 0.256. The van der Waals surface area contributed by atoms with Crippen molar-refractivity contribution < 1.29 is 4.74 Å². The van der Waals surface area contributed by atoms with E-state index in [0.29, 0.717) is 17.0 Å². The second-order valence-corrected chi connectivity index (χ2v) is 4.40. The Morgan fingerprint density at radius 1 is 1.19 bits per heavy atom. The van der Waals surface area contributed by atoms with Crippen LogP contribution in [0.4, 0.5) is 17.1 Å². The van der Waals surface area contributed by atoms with Crippen LogP contribution in [0.3, 0.4) is 0 Å². The van der Waals surface area contributed by atoms with Crippen molar-refractivity contribution >= 4 is 17.1 Å². The maximum atomic E-state index is 8.89. The second-order valence-electron chi connectivity index (χ2n) is 4.40. The zero-order chi connectivity index (χ0) is 15.2. The molecule has 21 heavy (non-hydrogen) atoms. The Hall–Kier alpha value is -3.18. The standard InChI is InChI=1S/C16H14N4O/c1-21-16-8-11(10-18)2-5-15(16)20-13-3-4-14(19)12(9-13)6-7-17/h2-5,8-9,20H,6,19H2,1H3. The van der Waals surface area contributed by atoms with Crippen LogP contribution in [0.1, 0.15) is 11.1 Å². The minimum absolute atomic E-state index is 0.256. The number of methoxy groups -OCH3 is 1. The molecular formula is C16H14N4O. The summed E-state index contributed by atoms with van der Waals surface area (Å²) in [5.41, 5.74) is 9.26. The number of nitrogens with one attached hydrogen (secondary N) is 1. The van der Waals surface area contributed by atoms with Crippen LogP contribution in [0.2, 0.25) is 0 Å². The van der Waals surface area contributed by atoms with E-state index in [-0.39, 0.29) is 6.42 Å². The van der Waals surface area contributed by atoms with Gasteiger partial charge < -0.3 is 15.8 Å². The van der Waals surface area contributed by atoms with Crippen LogP contribution in [0.5, 0.6) is 5.75 Å². The minimum Gasteiger partial charge on any atom is -0.495 e. The van der Waals surface area contributed by atoms with Crippen LogP contribution in [0.15, 0.2) is 36.4 Å². The fourth-order valence-electron chi connectivity index (χ4n) is 1.94. The highest BCUT2D eigenvalue weighted by Gasteiger charge is 2.06. The van der Waals surface area contributed by atoms with Crippen LogP contribution in [0.25, 0.3) is 0 Å². The highest BCUT2D eigenvalue weighted by Crippen LogP contribution is 2.29. The molecule has 0 saturated heterocycles. The molecule has 0 atom stereocenters. The Bertz CT molecular complexity index is 741. The first-order chi connectivity index (χ1) is 10.2. The van der Waals surface area contributed by atoms with Crippen LogP contribution in [-0.2, 0) is 6.42 Å². The maximum Gasteiger partial charge on any atom is 0.143 e. The summed E-state index contributed by atoms with van der Waals surface area (Å²) in [7, 11) is 1.55. The number of nitrogens with zero attached hydrogens (tertiary/aromatic N) is 2. The molecular weight excluding hydrogens is 264 g/mol. The molecule has 5 heteroatoms. The summed E-state index contributed by atoms with van der Waals surface area (Å²) in [6.07, 6.45) is 0.256. The topological polar surface area (TPSA) is 94.9 Å². The van der Waals surface area contributed by atoms with Crippen molar-refractivity contribution in [3.63, 3.8) is 0 Å². The van der Waals surface area contributed by atoms with Gasteiger partial charge in [0.1, 0.15) is 5.75 Å². The zero-order valence-electron chi connectivity index (χ0n) is 11.6. The van der Waals surface area contributed by atoms with Gasteiger partial charge in [-0.3, -0.25) is 0 Å². The van der Waals surface area contributed by atoms with Gasteiger partial charge in [0.25, 0.3) is 0 Å². The lowest BCUT2D eigenvalue weighted by molar-refractivity contribution is 0.416. The molecule has 0 spiro atoms. The highest BCUT2D eigenvalue weighted by molar-refractivity contribution is 5.70. The summed E-state index contributed by atoms with van der Waals surface area (Å²) in [5.74, 6) is 0.577. The van der Waals surface area contributed by atoms with Gasteiger partial charge in [-0.1, -0.05) is 0 Å². The van der Waals surface area contributed by atoms with Gasteiger partial charge in [0.2, 0.25) is 0 Å². The normalized spacial score (nSPS) is 9.48. The van der Waals surface area contributed by atoms with Crippen molar-refractivity contribution in [2.75, 3.05) is 18.2 Å². The SMILES string of the molecule is COc1cc(C#N)ccc1Nc1ccc(N)c(CC#N)c1. The molecule has 0 radical (unpaired) electrons. The number of nitrogen functional groups attached to an aromatic ring is 1. The quantitative estimate of drug-likeness (QED) is 0.838. The summed E-state index contributed by atoms with van der Waals surface area (Å²) in [6.45, 7) is 0. The third-order valence-electron chi connectivity index (χ3n) is 3.02. The van der Waals surface area contributed by atoms with E-state index in [2.05, 4.69) is 17.5 Å². The first kappa shape index (κ1) is 14.2. The molecule has 0 bridgehead atoms. The lowest BCUT2D eigenvalue weighted by Gasteiger charge is -2.13. The Morgan fingerprint density at radius 2 is 2.00 bits per heavy atom. The predicted octanol–water partition coefficient (Wildman–Crippen LogP) is 2.96. The number of hydrogen-bond acceptors (Lipinski definition) is 5. The fourth-order valence-corrected chi connectivity index (χ4v) is 1.94. The van der Waals surface area contributed by atoms with Gasteiger partial charge in [-0.05, 0) is 35.9 Å². The lowest BCUT2D eigenvalue weighted by atomic mass is 10.1. The molecule has 0 unspecified atom stereocenters. The smallest absolute Gasteiger partial charge is 0.143 e. The van der Waals surface area contributed by atoms with E-state index in [1.54, 1.807) is 31.4 Å². The number of rotatable bonds is 4. The third kappa shape index (κ3) is 3.23. The molecule has 0 heterocycles. The number of hydrogen-bond donors (Lipinski definition) is 2. The van der Waals surface area contributed by atoms with E-state index in [4.69, 9.17) is 21.0 Å². The maximum absolute atomic E-state index is 8.89. The lowest BCUT2D eigenvalue weighted by Crippen LogP contribution is -1.98. The van der Waals surface area contributed by atoms with Crippen molar-refractivity contribution in [3.8, 4) is 17.9 Å². The van der Waals surface area contributed by atoms with Gasteiger partial charge >= 0.3 is 0 Å². The van der Waals surface area contributed by atoms with Gasteiger partial charge in [-0.2, -0.15) is 10.5 Å². The zero-order valence-corrected chi connectivity index (χ0v) is 11.6. The van der Waals surface area contributed by atoms with E-state index in [0.717, 1.165) is 16.9 Å². The molecule has 5 nitrogen and oxygen atoms in total. The Morgan fingerprint density at radius 3 is 2.67 bits per heavy atom.